The van der Waals surface area contributed by atoms with Gasteiger partial charge >= 0.3 is 6.03 Å². The lowest BCUT2D eigenvalue weighted by Gasteiger charge is -2.26. The maximum absolute atomic E-state index is 11.6. The lowest BCUT2D eigenvalue weighted by atomic mass is 10.1. The van der Waals surface area contributed by atoms with Crippen molar-refractivity contribution in [3.63, 3.8) is 0 Å². The highest BCUT2D eigenvalue weighted by Crippen LogP contribution is 2.18. The molecule has 17 heavy (non-hydrogen) atoms. The summed E-state index contributed by atoms with van der Waals surface area (Å²) in [6, 6.07) is 7.59. The Labute approximate surface area is 102 Å². The van der Waals surface area contributed by atoms with Crippen molar-refractivity contribution in [1.29, 1.82) is 0 Å². The number of carbonyl (C=O) groups excluding carboxylic acids is 2. The molecule has 1 N–H and O–H groups in total. The summed E-state index contributed by atoms with van der Waals surface area (Å²) in [5.41, 5.74) is 2.11. The molecule has 1 aliphatic rings. The van der Waals surface area contributed by atoms with Crippen molar-refractivity contribution in [2.75, 3.05) is 11.4 Å². The van der Waals surface area contributed by atoms with Gasteiger partial charge in [0.2, 0.25) is 5.91 Å². The van der Waals surface area contributed by atoms with E-state index in [0.29, 0.717) is 13.0 Å². The first kappa shape index (κ1) is 11.6. The predicted octanol–water partition coefficient (Wildman–Crippen LogP) is 2.33. The Bertz CT molecular complexity index is 431. The van der Waals surface area contributed by atoms with E-state index in [1.807, 2.05) is 24.3 Å². The van der Waals surface area contributed by atoms with Gasteiger partial charge in [0.05, 0.1) is 0 Å². The second-order valence-corrected chi connectivity index (χ2v) is 4.17. The minimum atomic E-state index is -0.329. The van der Waals surface area contributed by atoms with Gasteiger partial charge in [0.25, 0.3) is 0 Å². The van der Waals surface area contributed by atoms with Crippen molar-refractivity contribution in [2.45, 2.75) is 26.2 Å². The zero-order valence-corrected chi connectivity index (χ0v) is 9.90. The zero-order chi connectivity index (χ0) is 12.3. The number of urea groups is 1. The molecule has 2 rings (SSSR count). The van der Waals surface area contributed by atoms with E-state index < -0.39 is 0 Å². The third kappa shape index (κ3) is 2.64. The highest BCUT2D eigenvalue weighted by atomic mass is 16.2. The van der Waals surface area contributed by atoms with Crippen molar-refractivity contribution in [3.8, 4) is 0 Å². The van der Waals surface area contributed by atoms with Gasteiger partial charge in [-0.15, -0.1) is 0 Å². The Hall–Kier alpha value is -1.84. The zero-order valence-electron chi connectivity index (χ0n) is 9.90. The average molecular weight is 234 g/mol. The Morgan fingerprint density at radius 2 is 2.00 bits per heavy atom. The van der Waals surface area contributed by atoms with Crippen LogP contribution in [0.2, 0.25) is 0 Å². The molecule has 0 spiro atoms. The number of amides is 3. The number of imide groups is 1. The Morgan fingerprint density at radius 3 is 2.59 bits per heavy atom. The molecule has 1 heterocycles. The molecule has 0 unspecified atom stereocenters. The molecule has 1 aromatic carbocycles. The molecule has 0 bridgehead atoms. The van der Waals surface area contributed by atoms with Crippen molar-refractivity contribution >= 4 is 17.6 Å². The summed E-state index contributed by atoms with van der Waals surface area (Å²) in [6.45, 7) is 2.59. The molecule has 0 radical (unpaired) electrons. The fraction of sp³-hybridized carbons (Fsp3) is 0.385. The molecular weight excluding hydrogens is 216 g/mol. The highest BCUT2D eigenvalue weighted by molar-refractivity contribution is 6.05. The number of nitrogens with zero attached hydrogens (tertiary/aromatic N) is 1. The third-order valence-electron chi connectivity index (χ3n) is 2.84. The second-order valence-electron chi connectivity index (χ2n) is 4.17. The molecule has 1 saturated heterocycles. The maximum Gasteiger partial charge on any atom is 0.328 e. The number of benzene rings is 1. The molecule has 4 heteroatoms. The van der Waals surface area contributed by atoms with Crippen molar-refractivity contribution in [3.05, 3.63) is 29.8 Å². The summed E-state index contributed by atoms with van der Waals surface area (Å²) in [6.07, 6.45) is 2.52. The van der Waals surface area contributed by atoms with Gasteiger partial charge in [-0.3, -0.25) is 15.0 Å². The molecule has 92 valence electrons. The molecule has 1 aromatic rings. The minimum absolute atomic E-state index is 0. The van der Waals surface area contributed by atoms with Gasteiger partial charge < -0.3 is 0 Å². The van der Waals surface area contributed by atoms with Crippen LogP contribution >= 0.6 is 0 Å². The number of rotatable bonds is 3. The van der Waals surface area contributed by atoms with Gasteiger partial charge in [-0.1, -0.05) is 25.5 Å². The fourth-order valence-electron chi connectivity index (χ4n) is 1.94. The standard InChI is InChI=1S/C13H16N2O2.H2/c1-2-3-10-4-6-11(7-5-10)15-9-8-12(16)14-13(15)17;/h4-7H,2-3,8-9H2,1H3,(H,14,16,17);1H. The molecule has 0 aromatic heterocycles. The highest BCUT2D eigenvalue weighted by Gasteiger charge is 2.23. The number of anilines is 1. The first-order chi connectivity index (χ1) is 8.20. The molecule has 0 aliphatic carbocycles. The Kier molecular flexibility index (Phi) is 3.42. The van der Waals surface area contributed by atoms with Crippen LogP contribution in [0.5, 0.6) is 0 Å². The molecule has 0 saturated carbocycles. The molecule has 3 amide bonds. The predicted molar refractivity (Wildman–Crippen MR) is 68.1 cm³/mol. The lowest BCUT2D eigenvalue weighted by Crippen LogP contribution is -2.49. The maximum atomic E-state index is 11.6. The van der Waals surface area contributed by atoms with Gasteiger partial charge in [-0.25, -0.2) is 4.79 Å². The van der Waals surface area contributed by atoms with Crippen LogP contribution in [-0.2, 0) is 11.2 Å². The first-order valence-electron chi connectivity index (χ1n) is 5.91. The number of nitrogens with one attached hydrogen (secondary N) is 1. The SMILES string of the molecule is CCCc1ccc(N2CCC(=O)NC2=O)cc1.[HH]. The summed E-state index contributed by atoms with van der Waals surface area (Å²) in [4.78, 5) is 24.2. The largest absolute Gasteiger partial charge is 0.328 e. The van der Waals surface area contributed by atoms with Crippen molar-refractivity contribution < 1.29 is 11.0 Å². The van der Waals surface area contributed by atoms with Crippen molar-refractivity contribution in [1.82, 2.24) is 5.32 Å². The topological polar surface area (TPSA) is 49.4 Å². The van der Waals surface area contributed by atoms with Gasteiger partial charge in [0, 0.05) is 20.1 Å². The fourth-order valence-corrected chi connectivity index (χ4v) is 1.94. The van der Waals surface area contributed by atoms with Crippen LogP contribution in [0.4, 0.5) is 10.5 Å². The molecular formula is C13H18N2O2. The summed E-state index contributed by atoms with van der Waals surface area (Å²) >= 11 is 0. The number of hydrogen-bond acceptors (Lipinski definition) is 2. The van der Waals surface area contributed by atoms with Gasteiger partial charge in [-0.2, -0.15) is 0 Å². The summed E-state index contributed by atoms with van der Waals surface area (Å²) < 4.78 is 0. The van der Waals surface area contributed by atoms with Crippen LogP contribution in [0, 0.1) is 0 Å². The first-order valence-corrected chi connectivity index (χ1v) is 5.91. The van der Waals surface area contributed by atoms with Crippen LogP contribution in [0.25, 0.3) is 0 Å². The minimum Gasteiger partial charge on any atom is -0.294 e. The molecule has 1 fully saturated rings. The lowest BCUT2D eigenvalue weighted by molar-refractivity contribution is -0.120. The van der Waals surface area contributed by atoms with E-state index in [4.69, 9.17) is 0 Å². The van der Waals surface area contributed by atoms with Crippen LogP contribution < -0.4 is 10.2 Å². The normalized spacial score (nSPS) is 15.9. The summed E-state index contributed by atoms with van der Waals surface area (Å²) in [5, 5.41) is 2.32. The van der Waals surface area contributed by atoms with E-state index >= 15 is 0 Å². The van der Waals surface area contributed by atoms with E-state index in [1.54, 1.807) is 4.90 Å². The molecule has 0 atom stereocenters. The van der Waals surface area contributed by atoms with Crippen molar-refractivity contribution in [2.24, 2.45) is 0 Å². The Morgan fingerprint density at radius 1 is 1.29 bits per heavy atom. The van der Waals surface area contributed by atoms with Crippen LogP contribution in [-0.4, -0.2) is 18.5 Å². The van der Waals surface area contributed by atoms with E-state index in [2.05, 4.69) is 12.2 Å². The molecule has 1 aliphatic heterocycles. The van der Waals surface area contributed by atoms with Crippen LogP contribution in [0.3, 0.4) is 0 Å². The second kappa shape index (κ2) is 4.99. The van der Waals surface area contributed by atoms with E-state index in [0.717, 1.165) is 18.5 Å². The number of carbonyl (C=O) groups is 2. The third-order valence-corrected chi connectivity index (χ3v) is 2.84. The number of hydrogen-bond donors (Lipinski definition) is 1. The van der Waals surface area contributed by atoms with E-state index in [9.17, 15) is 9.59 Å². The quantitative estimate of drug-likeness (QED) is 0.872. The van der Waals surface area contributed by atoms with Gasteiger partial charge in [-0.05, 0) is 24.1 Å². The van der Waals surface area contributed by atoms with Crippen LogP contribution in [0.15, 0.2) is 24.3 Å². The summed E-state index contributed by atoms with van der Waals surface area (Å²) in [7, 11) is 0. The van der Waals surface area contributed by atoms with E-state index in [-0.39, 0.29) is 13.4 Å². The Balaban J connectivity index is 0.00000162. The summed E-state index contributed by atoms with van der Waals surface area (Å²) in [5.74, 6) is -0.200. The number of aryl methyl sites for hydroxylation is 1. The van der Waals surface area contributed by atoms with Crippen LogP contribution in [0.1, 0.15) is 26.8 Å². The monoisotopic (exact) mass is 234 g/mol. The van der Waals surface area contributed by atoms with E-state index in [1.165, 1.54) is 5.56 Å². The molecule has 4 nitrogen and oxygen atoms in total. The smallest absolute Gasteiger partial charge is 0.294 e. The average Bonchev–Trinajstić information content (AvgIpc) is 2.31. The van der Waals surface area contributed by atoms with Gasteiger partial charge in [0.1, 0.15) is 0 Å². The van der Waals surface area contributed by atoms with Gasteiger partial charge in [0.15, 0.2) is 0 Å².